The van der Waals surface area contributed by atoms with Crippen molar-refractivity contribution in [3.05, 3.63) is 35.9 Å². The minimum atomic E-state index is -1.31. The molecule has 0 amide bonds. The quantitative estimate of drug-likeness (QED) is 0.268. The Hall–Kier alpha value is -2.90. The smallest absolute Gasteiger partial charge is 0.320 e. The zero-order valence-electron chi connectivity index (χ0n) is 18.5. The number of hydrogen-bond acceptors (Lipinski definition) is 6. The number of aliphatic carboxylic acids is 2. The highest BCUT2D eigenvalue weighted by Crippen LogP contribution is 2.30. The van der Waals surface area contributed by atoms with Gasteiger partial charge in [0.15, 0.2) is 5.92 Å². The molecule has 8 nitrogen and oxygen atoms in total. The van der Waals surface area contributed by atoms with Crippen molar-refractivity contribution in [1.29, 1.82) is 0 Å². The largest absolute Gasteiger partial charge is 0.481 e. The number of carboxylic acids is 2. The van der Waals surface area contributed by atoms with E-state index in [1.54, 1.807) is 0 Å². The van der Waals surface area contributed by atoms with E-state index in [-0.39, 0.29) is 5.92 Å². The Bertz CT molecular complexity index is 637. The van der Waals surface area contributed by atoms with Gasteiger partial charge in [0.2, 0.25) is 0 Å². The first-order valence-corrected chi connectivity index (χ1v) is 10.6. The molecule has 1 rings (SSSR count). The Labute approximate surface area is 183 Å². The molecule has 2 N–H and O–H groups in total. The van der Waals surface area contributed by atoms with Crippen LogP contribution < -0.4 is 0 Å². The molecule has 0 aromatic heterocycles. The highest BCUT2D eigenvalue weighted by Gasteiger charge is 2.37. The molecule has 0 aliphatic carbocycles. The van der Waals surface area contributed by atoms with Crippen LogP contribution in [0.25, 0.3) is 0 Å². The monoisotopic (exact) mass is 438 g/mol. The minimum Gasteiger partial charge on any atom is -0.481 e. The number of esters is 2. The zero-order valence-corrected chi connectivity index (χ0v) is 18.5. The van der Waals surface area contributed by atoms with Crippen LogP contribution in [0.1, 0.15) is 70.8 Å². The number of unbranched alkanes of at least 4 members (excludes halogenated alkanes) is 2. The van der Waals surface area contributed by atoms with E-state index < -0.39 is 36.2 Å². The lowest BCUT2D eigenvalue weighted by atomic mass is 9.84. The Morgan fingerprint density at radius 2 is 1.26 bits per heavy atom. The Kier molecular flexibility index (Phi) is 15.3. The number of carboxylic acid groups (broad SMARTS) is 2. The summed E-state index contributed by atoms with van der Waals surface area (Å²) in [4.78, 5) is 43.9. The van der Waals surface area contributed by atoms with Gasteiger partial charge >= 0.3 is 23.9 Å². The molecule has 0 radical (unpaired) electrons. The van der Waals surface area contributed by atoms with E-state index in [0.29, 0.717) is 19.6 Å². The van der Waals surface area contributed by atoms with Crippen LogP contribution >= 0.6 is 0 Å². The first-order valence-electron chi connectivity index (χ1n) is 10.6. The third kappa shape index (κ3) is 12.4. The molecule has 1 atom stereocenters. The van der Waals surface area contributed by atoms with E-state index in [2.05, 4.69) is 0 Å². The predicted molar refractivity (Wildman–Crippen MR) is 115 cm³/mol. The molecule has 1 unspecified atom stereocenters. The second kappa shape index (κ2) is 16.8. The number of benzene rings is 1. The molecule has 0 bridgehead atoms. The summed E-state index contributed by atoms with van der Waals surface area (Å²) >= 11 is 0. The molecule has 0 aliphatic heterocycles. The number of carbonyl (C=O) groups excluding carboxylic acids is 2. The Morgan fingerprint density at radius 3 is 1.58 bits per heavy atom. The van der Waals surface area contributed by atoms with E-state index in [1.807, 2.05) is 51.1 Å². The lowest BCUT2D eigenvalue weighted by molar-refractivity contribution is -0.163. The molecule has 0 aliphatic rings. The van der Waals surface area contributed by atoms with Crippen molar-refractivity contribution in [3.8, 4) is 0 Å². The molecular formula is C23H34O8. The third-order valence-corrected chi connectivity index (χ3v) is 4.36. The summed E-state index contributed by atoms with van der Waals surface area (Å²) in [5.74, 6) is -4.69. The summed E-state index contributed by atoms with van der Waals surface area (Å²) in [6.07, 6.45) is 3.33. The topological polar surface area (TPSA) is 127 Å². The van der Waals surface area contributed by atoms with E-state index in [4.69, 9.17) is 19.7 Å². The number of hydrogen-bond donors (Lipinski definition) is 2. The van der Waals surface area contributed by atoms with Crippen LogP contribution in [-0.4, -0.2) is 47.3 Å². The number of rotatable bonds is 13. The average molecular weight is 439 g/mol. The van der Waals surface area contributed by atoms with Gasteiger partial charge in [0.05, 0.1) is 13.2 Å². The van der Waals surface area contributed by atoms with E-state index in [1.165, 1.54) is 0 Å². The Balaban J connectivity index is 0.00000110. The van der Waals surface area contributed by atoms with Gasteiger partial charge in [-0.3, -0.25) is 19.2 Å². The molecule has 1 aromatic carbocycles. The highest BCUT2D eigenvalue weighted by atomic mass is 16.6. The van der Waals surface area contributed by atoms with Crippen LogP contribution in [0.2, 0.25) is 0 Å². The summed E-state index contributed by atoms with van der Waals surface area (Å²) in [7, 11) is 0. The lowest BCUT2D eigenvalue weighted by Crippen LogP contribution is -2.33. The molecule has 174 valence electrons. The fraction of sp³-hybridized carbons (Fsp3) is 0.565. The number of carbonyl (C=O) groups is 4. The molecular weight excluding hydrogens is 404 g/mol. The molecule has 0 heterocycles. The van der Waals surface area contributed by atoms with Crippen LogP contribution in [0.3, 0.4) is 0 Å². The van der Waals surface area contributed by atoms with Crippen LogP contribution in [0.5, 0.6) is 0 Å². The van der Waals surface area contributed by atoms with E-state index >= 15 is 0 Å². The van der Waals surface area contributed by atoms with Crippen molar-refractivity contribution in [1.82, 2.24) is 0 Å². The lowest BCUT2D eigenvalue weighted by Gasteiger charge is -2.24. The van der Waals surface area contributed by atoms with Crippen molar-refractivity contribution in [2.24, 2.45) is 5.92 Å². The van der Waals surface area contributed by atoms with E-state index in [9.17, 15) is 19.2 Å². The molecule has 0 saturated carbocycles. The normalized spacial score (nSPS) is 11.1. The number of ether oxygens (including phenoxy) is 2. The molecule has 31 heavy (non-hydrogen) atoms. The molecule has 8 heteroatoms. The van der Waals surface area contributed by atoms with Crippen molar-refractivity contribution in [3.63, 3.8) is 0 Å². The maximum atomic E-state index is 12.5. The zero-order chi connectivity index (χ0) is 23.6. The first kappa shape index (κ1) is 28.1. The van der Waals surface area contributed by atoms with Crippen LogP contribution in [0.15, 0.2) is 30.3 Å². The second-order valence-electron chi connectivity index (χ2n) is 6.91. The fourth-order valence-electron chi connectivity index (χ4n) is 2.73. The fourth-order valence-corrected chi connectivity index (χ4v) is 2.73. The molecule has 0 saturated heterocycles. The predicted octanol–water partition coefficient (Wildman–Crippen LogP) is 4.03. The van der Waals surface area contributed by atoms with E-state index in [0.717, 1.165) is 31.2 Å². The maximum Gasteiger partial charge on any atom is 0.320 e. The second-order valence-corrected chi connectivity index (χ2v) is 6.91. The van der Waals surface area contributed by atoms with Crippen molar-refractivity contribution in [2.75, 3.05) is 13.2 Å². The SMILES string of the molecule is CCCCOC(=O)C(C(=O)OCCCC)C(CC)c1ccccc1.O=C(O)CC(=O)O. The van der Waals surface area contributed by atoms with Gasteiger partial charge in [-0.1, -0.05) is 63.9 Å². The van der Waals surface area contributed by atoms with Gasteiger partial charge in [-0.15, -0.1) is 0 Å². The summed E-state index contributed by atoms with van der Waals surface area (Å²) in [6, 6.07) is 9.64. The summed E-state index contributed by atoms with van der Waals surface area (Å²) in [6.45, 7) is 6.73. The highest BCUT2D eigenvalue weighted by molar-refractivity contribution is 5.96. The van der Waals surface area contributed by atoms with Gasteiger partial charge in [0.1, 0.15) is 6.42 Å². The molecule has 0 fully saturated rings. The Morgan fingerprint density at radius 1 is 0.806 bits per heavy atom. The van der Waals surface area contributed by atoms with Crippen molar-refractivity contribution in [2.45, 2.75) is 65.2 Å². The van der Waals surface area contributed by atoms with Gasteiger partial charge in [0.25, 0.3) is 0 Å². The minimum absolute atomic E-state index is 0.227. The van der Waals surface area contributed by atoms with Gasteiger partial charge in [-0.25, -0.2) is 0 Å². The van der Waals surface area contributed by atoms with Crippen molar-refractivity contribution < 1.29 is 38.9 Å². The summed E-state index contributed by atoms with van der Waals surface area (Å²) < 4.78 is 10.7. The average Bonchev–Trinajstić information content (AvgIpc) is 2.72. The molecule has 0 spiro atoms. The summed E-state index contributed by atoms with van der Waals surface area (Å²) in [5.41, 5.74) is 0.963. The molecule has 1 aromatic rings. The van der Waals surface area contributed by atoms with Gasteiger partial charge < -0.3 is 19.7 Å². The van der Waals surface area contributed by atoms with Crippen LogP contribution in [0.4, 0.5) is 0 Å². The standard InChI is InChI=1S/C20H30O4.C3H4O4/c1-4-7-14-23-19(21)18(20(22)24-15-8-5-2)17(6-3)16-12-10-9-11-13-16;4-2(5)1-3(6)7/h9-13,17-18H,4-8,14-15H2,1-3H3;1H2,(H,4,5)(H,6,7). The van der Waals surface area contributed by atoms with Crippen LogP contribution in [0, 0.1) is 5.92 Å². The first-order chi connectivity index (χ1) is 14.8. The van der Waals surface area contributed by atoms with Gasteiger partial charge in [-0.2, -0.15) is 0 Å². The third-order valence-electron chi connectivity index (χ3n) is 4.36. The van der Waals surface area contributed by atoms with Gasteiger partial charge in [-0.05, 0) is 24.8 Å². The maximum absolute atomic E-state index is 12.5. The van der Waals surface area contributed by atoms with Crippen LogP contribution in [-0.2, 0) is 28.7 Å². The summed E-state index contributed by atoms with van der Waals surface area (Å²) in [5, 5.41) is 15.4. The van der Waals surface area contributed by atoms with Crippen molar-refractivity contribution >= 4 is 23.9 Å². The van der Waals surface area contributed by atoms with Gasteiger partial charge in [0, 0.05) is 5.92 Å².